The van der Waals surface area contributed by atoms with Crippen molar-refractivity contribution in [1.29, 1.82) is 0 Å². The molecule has 1 heterocycles. The fourth-order valence-corrected chi connectivity index (χ4v) is 6.64. The SMILES string of the molecule is C[C@H]1CC(=O)C[C@]23CCN(CC4CCC4)[C@H](Cc4ccc(O)cc42)[C@@H]13. The molecule has 1 aromatic carbocycles. The molecule has 1 saturated heterocycles. The van der Waals surface area contributed by atoms with Crippen LogP contribution in [-0.2, 0) is 16.6 Å². The molecule has 1 aliphatic heterocycles. The van der Waals surface area contributed by atoms with Gasteiger partial charge in [-0.1, -0.05) is 19.4 Å². The van der Waals surface area contributed by atoms with Crippen LogP contribution in [0.4, 0.5) is 0 Å². The maximum absolute atomic E-state index is 12.6. The second-order valence-electron chi connectivity index (χ2n) is 9.23. The Hall–Kier alpha value is -1.35. The van der Waals surface area contributed by atoms with Crippen LogP contribution >= 0.6 is 0 Å². The molecular formula is C22H29NO2. The first-order valence-corrected chi connectivity index (χ1v) is 10.1. The average Bonchev–Trinajstić information content (AvgIpc) is 2.52. The highest BCUT2D eigenvalue weighted by Gasteiger charge is 2.57. The molecule has 4 atom stereocenters. The van der Waals surface area contributed by atoms with Crippen molar-refractivity contribution in [2.24, 2.45) is 17.8 Å². The molecule has 2 saturated carbocycles. The number of ketones is 1. The maximum atomic E-state index is 12.6. The van der Waals surface area contributed by atoms with E-state index >= 15 is 0 Å². The van der Waals surface area contributed by atoms with Crippen molar-refractivity contribution in [3.8, 4) is 5.75 Å². The molecule has 0 aromatic heterocycles. The number of carbonyl (C=O) groups excluding carboxylic acids is 1. The summed E-state index contributed by atoms with van der Waals surface area (Å²) in [7, 11) is 0. The van der Waals surface area contributed by atoms with Crippen molar-refractivity contribution in [2.75, 3.05) is 13.1 Å². The molecule has 5 rings (SSSR count). The highest BCUT2D eigenvalue weighted by molar-refractivity contribution is 5.82. The first-order valence-electron chi connectivity index (χ1n) is 10.1. The third-order valence-corrected chi connectivity index (χ3v) is 7.82. The number of aromatic hydroxyl groups is 1. The van der Waals surface area contributed by atoms with Crippen LogP contribution in [0.2, 0.25) is 0 Å². The lowest BCUT2D eigenvalue weighted by molar-refractivity contribution is -0.131. The van der Waals surface area contributed by atoms with Crippen LogP contribution < -0.4 is 0 Å². The fraction of sp³-hybridized carbons (Fsp3) is 0.682. The van der Waals surface area contributed by atoms with E-state index in [2.05, 4.69) is 17.9 Å². The Morgan fingerprint density at radius 2 is 2.12 bits per heavy atom. The highest BCUT2D eigenvalue weighted by Crippen LogP contribution is 2.57. The number of hydrogen-bond acceptors (Lipinski definition) is 3. The number of fused-ring (bicyclic) bond motifs is 1. The first-order chi connectivity index (χ1) is 12.1. The molecule has 0 spiro atoms. The lowest BCUT2D eigenvalue weighted by atomic mass is 9.49. The van der Waals surface area contributed by atoms with E-state index in [1.165, 1.54) is 36.9 Å². The number of piperidine rings is 1. The molecule has 134 valence electrons. The zero-order valence-corrected chi connectivity index (χ0v) is 15.2. The Labute approximate surface area is 150 Å². The van der Waals surface area contributed by atoms with Crippen LogP contribution in [0.1, 0.15) is 56.6 Å². The van der Waals surface area contributed by atoms with Crippen molar-refractivity contribution >= 4 is 5.78 Å². The van der Waals surface area contributed by atoms with Gasteiger partial charge in [-0.2, -0.15) is 0 Å². The molecule has 4 aliphatic rings. The number of likely N-dealkylation sites (tertiary alicyclic amines) is 1. The summed E-state index contributed by atoms with van der Waals surface area (Å²) in [6.45, 7) is 4.67. The Morgan fingerprint density at radius 3 is 2.88 bits per heavy atom. The van der Waals surface area contributed by atoms with Crippen LogP contribution in [0, 0.1) is 17.8 Å². The molecule has 25 heavy (non-hydrogen) atoms. The monoisotopic (exact) mass is 339 g/mol. The largest absolute Gasteiger partial charge is 0.508 e. The molecule has 0 amide bonds. The number of carbonyl (C=O) groups is 1. The molecule has 1 aromatic rings. The van der Waals surface area contributed by atoms with Crippen molar-refractivity contribution in [3.05, 3.63) is 29.3 Å². The van der Waals surface area contributed by atoms with Gasteiger partial charge in [0, 0.05) is 30.8 Å². The van der Waals surface area contributed by atoms with Gasteiger partial charge in [0.2, 0.25) is 0 Å². The third kappa shape index (κ3) is 2.31. The van der Waals surface area contributed by atoms with Crippen molar-refractivity contribution in [3.63, 3.8) is 0 Å². The second-order valence-corrected chi connectivity index (χ2v) is 9.23. The first kappa shape index (κ1) is 15.9. The summed E-state index contributed by atoms with van der Waals surface area (Å²) >= 11 is 0. The molecule has 0 radical (unpaired) electrons. The van der Waals surface area contributed by atoms with Gasteiger partial charge in [0.1, 0.15) is 11.5 Å². The van der Waals surface area contributed by atoms with E-state index in [1.54, 1.807) is 0 Å². The van der Waals surface area contributed by atoms with Crippen LogP contribution in [0.3, 0.4) is 0 Å². The molecule has 3 aliphatic carbocycles. The molecular weight excluding hydrogens is 310 g/mol. The van der Waals surface area contributed by atoms with Crippen LogP contribution in [0.5, 0.6) is 5.75 Å². The summed E-state index contributed by atoms with van der Waals surface area (Å²) in [6.07, 6.45) is 7.81. The van der Waals surface area contributed by atoms with Gasteiger partial charge < -0.3 is 5.11 Å². The van der Waals surface area contributed by atoms with Crippen LogP contribution in [-0.4, -0.2) is 34.9 Å². The van der Waals surface area contributed by atoms with E-state index in [0.29, 0.717) is 35.8 Å². The summed E-state index contributed by atoms with van der Waals surface area (Å²) in [5.74, 6) is 2.69. The number of phenols is 1. The standard InChI is InChI=1S/C22H29NO2/c1-14-9-18(25)12-22-7-8-23(13-15-3-2-4-15)20(21(14)22)10-16-5-6-17(24)11-19(16)22/h5-6,11,14-15,20-21,24H,2-4,7-10,12-13H2,1H3/t14-,20+,21+,22+/m0/s1. The van der Waals surface area contributed by atoms with Gasteiger partial charge in [0.25, 0.3) is 0 Å². The molecule has 0 unspecified atom stereocenters. The predicted octanol–water partition coefficient (Wildman–Crippen LogP) is 3.68. The number of Topliss-reactive ketones (excluding diaryl/α,β-unsaturated/α-hetero) is 1. The van der Waals surface area contributed by atoms with E-state index in [0.717, 1.165) is 31.7 Å². The van der Waals surface area contributed by atoms with E-state index in [-0.39, 0.29) is 5.41 Å². The Morgan fingerprint density at radius 1 is 1.28 bits per heavy atom. The predicted molar refractivity (Wildman–Crippen MR) is 97.7 cm³/mol. The fourth-order valence-electron chi connectivity index (χ4n) is 6.64. The second kappa shape index (κ2) is 5.57. The maximum Gasteiger partial charge on any atom is 0.134 e. The normalized spacial score (nSPS) is 38.0. The summed E-state index contributed by atoms with van der Waals surface area (Å²) < 4.78 is 0. The summed E-state index contributed by atoms with van der Waals surface area (Å²) in [5, 5.41) is 10.1. The zero-order valence-electron chi connectivity index (χ0n) is 15.2. The van der Waals surface area contributed by atoms with Gasteiger partial charge in [-0.25, -0.2) is 0 Å². The molecule has 1 N–H and O–H groups in total. The number of nitrogens with zero attached hydrogens (tertiary/aromatic N) is 1. The van der Waals surface area contributed by atoms with Crippen molar-refractivity contribution in [2.45, 2.75) is 63.3 Å². The smallest absolute Gasteiger partial charge is 0.134 e. The van der Waals surface area contributed by atoms with Gasteiger partial charge in [-0.15, -0.1) is 0 Å². The molecule has 2 bridgehead atoms. The van der Waals surface area contributed by atoms with E-state index in [1.807, 2.05) is 12.1 Å². The van der Waals surface area contributed by atoms with E-state index in [9.17, 15) is 9.90 Å². The lowest BCUT2D eigenvalue weighted by Gasteiger charge is -2.61. The van der Waals surface area contributed by atoms with Gasteiger partial charge in [-0.3, -0.25) is 9.69 Å². The van der Waals surface area contributed by atoms with E-state index in [4.69, 9.17) is 0 Å². The van der Waals surface area contributed by atoms with Crippen LogP contribution in [0.15, 0.2) is 18.2 Å². The lowest BCUT2D eigenvalue weighted by Crippen LogP contribution is -2.64. The van der Waals surface area contributed by atoms with Gasteiger partial charge in [0.15, 0.2) is 0 Å². The summed E-state index contributed by atoms with van der Waals surface area (Å²) in [4.78, 5) is 15.3. The van der Waals surface area contributed by atoms with Gasteiger partial charge in [-0.05, 0) is 73.2 Å². The highest BCUT2D eigenvalue weighted by atomic mass is 16.3. The minimum Gasteiger partial charge on any atom is -0.508 e. The minimum absolute atomic E-state index is 0.0259. The van der Waals surface area contributed by atoms with Crippen molar-refractivity contribution in [1.82, 2.24) is 4.90 Å². The topological polar surface area (TPSA) is 40.5 Å². The molecule has 3 nitrogen and oxygen atoms in total. The number of phenolic OH excluding ortho intramolecular Hbond substituents is 1. The quantitative estimate of drug-likeness (QED) is 0.894. The van der Waals surface area contributed by atoms with Gasteiger partial charge in [0.05, 0.1) is 0 Å². The van der Waals surface area contributed by atoms with Crippen LogP contribution in [0.25, 0.3) is 0 Å². The Kier molecular flexibility index (Phi) is 3.54. The zero-order chi connectivity index (χ0) is 17.2. The summed E-state index contributed by atoms with van der Waals surface area (Å²) in [6, 6.07) is 6.50. The molecule has 3 fully saturated rings. The summed E-state index contributed by atoms with van der Waals surface area (Å²) in [5.41, 5.74) is 2.64. The Bertz CT molecular complexity index is 710. The number of benzene rings is 1. The third-order valence-electron chi connectivity index (χ3n) is 7.82. The van der Waals surface area contributed by atoms with E-state index < -0.39 is 0 Å². The molecule has 3 heteroatoms. The number of rotatable bonds is 2. The van der Waals surface area contributed by atoms with Crippen molar-refractivity contribution < 1.29 is 9.90 Å². The average molecular weight is 339 g/mol. The minimum atomic E-state index is -0.0259. The van der Waals surface area contributed by atoms with Gasteiger partial charge >= 0.3 is 0 Å². The number of hydrogen-bond donors (Lipinski definition) is 1. The Balaban J connectivity index is 1.59.